The second kappa shape index (κ2) is 5.48. The number of carboxylic acids is 1. The van der Waals surface area contributed by atoms with Gasteiger partial charge in [0.05, 0.1) is 0 Å². The molecule has 3 nitrogen and oxygen atoms in total. The molecule has 18 heavy (non-hydrogen) atoms. The van der Waals surface area contributed by atoms with E-state index in [2.05, 4.69) is 6.92 Å². The molecule has 0 amide bonds. The van der Waals surface area contributed by atoms with Crippen LogP contribution in [-0.4, -0.2) is 28.6 Å². The van der Waals surface area contributed by atoms with E-state index in [-0.39, 0.29) is 5.82 Å². The summed E-state index contributed by atoms with van der Waals surface area (Å²) in [5.41, 5.74) is 1.13. The van der Waals surface area contributed by atoms with Gasteiger partial charge in [0.25, 0.3) is 0 Å². The van der Waals surface area contributed by atoms with Crippen molar-refractivity contribution in [3.63, 3.8) is 0 Å². The fourth-order valence-corrected chi connectivity index (χ4v) is 2.44. The number of carboxylic acid groups (broad SMARTS) is 1. The summed E-state index contributed by atoms with van der Waals surface area (Å²) in [6.07, 6.45) is 2.52. The summed E-state index contributed by atoms with van der Waals surface area (Å²) in [7, 11) is 0. The van der Waals surface area contributed by atoms with Crippen LogP contribution >= 0.6 is 0 Å². The van der Waals surface area contributed by atoms with Crippen molar-refractivity contribution in [3.05, 3.63) is 42.1 Å². The fraction of sp³-hybridized carbons (Fsp3) is 0.429. The molecule has 4 heteroatoms. The molecule has 1 aliphatic rings. The molecular weight excluding hydrogens is 233 g/mol. The standard InChI is InChI=1S/C14H17FNO2/c1-10-5-4-6-12(15)11(10)9-16-8-3-2-7-13(16)14(17)18/h4-6,13H,1-3,7-9H2,(H,17,18). The third kappa shape index (κ3) is 2.70. The van der Waals surface area contributed by atoms with Crippen LogP contribution in [0.2, 0.25) is 0 Å². The van der Waals surface area contributed by atoms with Gasteiger partial charge in [-0.15, -0.1) is 0 Å². The highest BCUT2D eigenvalue weighted by Gasteiger charge is 2.29. The molecule has 1 radical (unpaired) electrons. The molecule has 97 valence electrons. The maximum Gasteiger partial charge on any atom is 0.320 e. The van der Waals surface area contributed by atoms with E-state index < -0.39 is 12.0 Å². The molecule has 0 bridgehead atoms. The first-order valence-electron chi connectivity index (χ1n) is 6.16. The van der Waals surface area contributed by atoms with Gasteiger partial charge in [-0.25, -0.2) is 4.39 Å². The van der Waals surface area contributed by atoms with E-state index in [4.69, 9.17) is 0 Å². The minimum absolute atomic E-state index is 0.308. The van der Waals surface area contributed by atoms with Crippen LogP contribution in [0.15, 0.2) is 18.2 Å². The van der Waals surface area contributed by atoms with Gasteiger partial charge in [0, 0.05) is 12.1 Å². The molecule has 0 spiro atoms. The Hall–Kier alpha value is -1.42. The van der Waals surface area contributed by atoms with Crippen LogP contribution in [0.5, 0.6) is 0 Å². The van der Waals surface area contributed by atoms with Crippen LogP contribution in [-0.2, 0) is 11.3 Å². The molecule has 1 aromatic carbocycles. The number of piperidine rings is 1. The number of likely N-dealkylation sites (tertiary alicyclic amines) is 1. The molecule has 0 saturated carbocycles. The lowest BCUT2D eigenvalue weighted by atomic mass is 10.00. The van der Waals surface area contributed by atoms with Gasteiger partial charge in [0.1, 0.15) is 11.9 Å². The number of benzene rings is 1. The van der Waals surface area contributed by atoms with Crippen LogP contribution in [0, 0.1) is 12.7 Å². The van der Waals surface area contributed by atoms with Gasteiger partial charge in [-0.2, -0.15) is 0 Å². The Bertz CT molecular complexity index is 427. The van der Waals surface area contributed by atoms with Crippen LogP contribution in [0.3, 0.4) is 0 Å². The van der Waals surface area contributed by atoms with Gasteiger partial charge in [0.15, 0.2) is 0 Å². The quantitative estimate of drug-likeness (QED) is 0.895. The highest BCUT2D eigenvalue weighted by atomic mass is 19.1. The monoisotopic (exact) mass is 250 g/mol. The van der Waals surface area contributed by atoms with Gasteiger partial charge in [-0.05, 0) is 37.9 Å². The Morgan fingerprint density at radius 3 is 2.94 bits per heavy atom. The van der Waals surface area contributed by atoms with Crippen LogP contribution in [0.25, 0.3) is 0 Å². The van der Waals surface area contributed by atoms with Crippen molar-refractivity contribution in [1.82, 2.24) is 4.90 Å². The van der Waals surface area contributed by atoms with Crippen LogP contribution in [0.1, 0.15) is 30.4 Å². The minimum atomic E-state index is -0.823. The van der Waals surface area contributed by atoms with Crippen molar-refractivity contribution in [2.24, 2.45) is 0 Å². The molecule has 1 fully saturated rings. The van der Waals surface area contributed by atoms with Gasteiger partial charge in [-0.1, -0.05) is 18.6 Å². The lowest BCUT2D eigenvalue weighted by molar-refractivity contribution is -0.144. The average Bonchev–Trinajstić information content (AvgIpc) is 2.34. The molecule has 1 aliphatic heterocycles. The van der Waals surface area contributed by atoms with Crippen molar-refractivity contribution < 1.29 is 14.3 Å². The highest BCUT2D eigenvalue weighted by Crippen LogP contribution is 2.22. The minimum Gasteiger partial charge on any atom is -0.480 e. The first-order chi connectivity index (χ1) is 8.59. The van der Waals surface area contributed by atoms with Crippen molar-refractivity contribution in [3.8, 4) is 0 Å². The second-order valence-electron chi connectivity index (χ2n) is 4.70. The molecule has 1 unspecified atom stereocenters. The summed E-state index contributed by atoms with van der Waals surface area (Å²) in [5, 5.41) is 9.17. The van der Waals surface area contributed by atoms with E-state index in [1.807, 2.05) is 4.90 Å². The van der Waals surface area contributed by atoms with E-state index in [0.29, 0.717) is 30.6 Å². The van der Waals surface area contributed by atoms with Crippen molar-refractivity contribution in [2.45, 2.75) is 31.8 Å². The third-order valence-corrected chi connectivity index (χ3v) is 3.48. The first kappa shape index (κ1) is 13.0. The number of nitrogens with zero attached hydrogens (tertiary/aromatic N) is 1. The van der Waals surface area contributed by atoms with E-state index in [1.54, 1.807) is 12.1 Å². The number of hydrogen-bond donors (Lipinski definition) is 1. The molecule has 0 aliphatic carbocycles. The van der Waals surface area contributed by atoms with Gasteiger partial charge in [-0.3, -0.25) is 9.69 Å². The van der Waals surface area contributed by atoms with Crippen LogP contribution < -0.4 is 0 Å². The van der Waals surface area contributed by atoms with Crippen LogP contribution in [0.4, 0.5) is 4.39 Å². The number of aliphatic carboxylic acids is 1. The van der Waals surface area contributed by atoms with Gasteiger partial charge >= 0.3 is 5.97 Å². The molecule has 1 N–H and O–H groups in total. The molecule has 1 atom stereocenters. The summed E-state index contributed by atoms with van der Waals surface area (Å²) in [6, 6.07) is 4.26. The Balaban J connectivity index is 2.18. The molecule has 1 saturated heterocycles. The number of hydrogen-bond acceptors (Lipinski definition) is 2. The summed E-state index contributed by atoms with van der Waals surface area (Å²) in [5.74, 6) is -1.13. The Morgan fingerprint density at radius 1 is 1.50 bits per heavy atom. The number of halogens is 1. The van der Waals surface area contributed by atoms with Crippen molar-refractivity contribution in [1.29, 1.82) is 0 Å². The molecule has 0 aromatic heterocycles. The maximum absolute atomic E-state index is 13.7. The van der Waals surface area contributed by atoms with Gasteiger partial charge < -0.3 is 5.11 Å². The summed E-state index contributed by atoms with van der Waals surface area (Å²) < 4.78 is 13.7. The average molecular weight is 250 g/mol. The molecule has 1 aromatic rings. The molecule has 1 heterocycles. The van der Waals surface area contributed by atoms with Gasteiger partial charge in [0.2, 0.25) is 0 Å². The molecular formula is C14H17FNO2. The van der Waals surface area contributed by atoms with E-state index in [9.17, 15) is 14.3 Å². The smallest absolute Gasteiger partial charge is 0.320 e. The van der Waals surface area contributed by atoms with E-state index in [0.717, 1.165) is 12.8 Å². The topological polar surface area (TPSA) is 40.5 Å². The number of rotatable bonds is 3. The first-order valence-corrected chi connectivity index (χ1v) is 6.16. The van der Waals surface area contributed by atoms with Crippen molar-refractivity contribution >= 4 is 5.97 Å². The van der Waals surface area contributed by atoms with E-state index >= 15 is 0 Å². The predicted octanol–water partition coefficient (Wildman–Crippen LogP) is 2.45. The number of carbonyl (C=O) groups is 1. The normalized spacial score (nSPS) is 20.9. The Kier molecular flexibility index (Phi) is 3.97. The van der Waals surface area contributed by atoms with Crippen molar-refractivity contribution in [2.75, 3.05) is 6.54 Å². The Labute approximate surface area is 106 Å². The summed E-state index contributed by atoms with van der Waals surface area (Å²) >= 11 is 0. The third-order valence-electron chi connectivity index (χ3n) is 3.48. The lowest BCUT2D eigenvalue weighted by Gasteiger charge is -2.33. The zero-order chi connectivity index (χ0) is 13.1. The fourth-order valence-electron chi connectivity index (χ4n) is 2.44. The molecule has 2 rings (SSSR count). The van der Waals surface area contributed by atoms with E-state index in [1.165, 1.54) is 6.07 Å². The zero-order valence-corrected chi connectivity index (χ0v) is 10.2. The Morgan fingerprint density at radius 2 is 2.28 bits per heavy atom. The SMILES string of the molecule is [CH2]c1cccc(F)c1CN1CCCCC1C(=O)O. The highest BCUT2D eigenvalue weighted by molar-refractivity contribution is 5.73. The predicted molar refractivity (Wildman–Crippen MR) is 66.5 cm³/mol. The maximum atomic E-state index is 13.7. The largest absolute Gasteiger partial charge is 0.480 e. The lowest BCUT2D eigenvalue weighted by Crippen LogP contribution is -2.44. The second-order valence-corrected chi connectivity index (χ2v) is 4.70. The zero-order valence-electron chi connectivity index (χ0n) is 10.2. The summed E-state index contributed by atoms with van der Waals surface area (Å²) in [4.78, 5) is 13.0. The summed E-state index contributed by atoms with van der Waals surface area (Å²) in [6.45, 7) is 4.82.